The number of hydrogen-bond acceptors (Lipinski definition) is 3. The average Bonchev–Trinajstić information content (AvgIpc) is 2.39. The van der Waals surface area contributed by atoms with Crippen molar-refractivity contribution in [3.05, 3.63) is 54.6 Å². The van der Waals surface area contributed by atoms with E-state index >= 15 is 0 Å². The summed E-state index contributed by atoms with van der Waals surface area (Å²) in [5.41, 5.74) is 1.22. The molecule has 104 valence electrons. The van der Waals surface area contributed by atoms with Gasteiger partial charge >= 0.3 is 0 Å². The van der Waals surface area contributed by atoms with Gasteiger partial charge in [-0.2, -0.15) is 4.31 Å². The molecule has 1 aromatic carbocycles. The maximum Gasteiger partial charge on any atom is 0.243 e. The van der Waals surface area contributed by atoms with Gasteiger partial charge in [-0.15, -0.1) is 13.2 Å². The lowest BCUT2D eigenvalue weighted by Crippen LogP contribution is -2.32. The quantitative estimate of drug-likeness (QED) is 0.776. The number of sulfonamides is 1. The van der Waals surface area contributed by atoms with Crippen LogP contribution in [0.15, 0.2) is 48.4 Å². The fourth-order valence-electron chi connectivity index (χ4n) is 1.72. The van der Waals surface area contributed by atoms with Gasteiger partial charge in [-0.3, -0.25) is 0 Å². The topological polar surface area (TPSA) is 57.6 Å². The van der Waals surface area contributed by atoms with Gasteiger partial charge in [0.1, 0.15) is 0 Å². The minimum atomic E-state index is -3.61. The van der Waals surface area contributed by atoms with Crippen molar-refractivity contribution in [1.29, 1.82) is 0 Å². The molecule has 0 saturated carbocycles. The van der Waals surface area contributed by atoms with Crippen molar-refractivity contribution >= 4 is 10.0 Å². The number of rotatable bonds is 7. The Balaban J connectivity index is 3.31. The summed E-state index contributed by atoms with van der Waals surface area (Å²) in [6.45, 7) is 9.11. The van der Waals surface area contributed by atoms with E-state index in [1.165, 1.54) is 22.5 Å². The lowest BCUT2D eigenvalue weighted by atomic mass is 10.2. The average molecular weight is 281 g/mol. The first-order valence-electron chi connectivity index (χ1n) is 5.89. The number of aliphatic hydroxyl groups is 1. The molecule has 0 unspecified atom stereocenters. The Morgan fingerprint density at radius 1 is 1.26 bits per heavy atom. The van der Waals surface area contributed by atoms with Crippen molar-refractivity contribution in [3.63, 3.8) is 0 Å². The summed E-state index contributed by atoms with van der Waals surface area (Å²) in [6, 6.07) is 4.90. The van der Waals surface area contributed by atoms with E-state index in [0.717, 1.165) is 0 Å². The van der Waals surface area contributed by atoms with Gasteiger partial charge in [-0.25, -0.2) is 8.42 Å². The van der Waals surface area contributed by atoms with Crippen molar-refractivity contribution in [3.8, 4) is 0 Å². The standard InChI is InChI=1S/C14H19NO3S/c1-4-8-15(9-5-2)19(17,18)14-10-13(11-16)7-6-12(14)3/h4-7,10,16H,1-2,8-9,11H2,3H3. The normalized spacial score (nSPS) is 11.5. The number of nitrogens with zero attached hydrogens (tertiary/aromatic N) is 1. The molecule has 0 atom stereocenters. The predicted octanol–water partition coefficient (Wildman–Crippen LogP) is 1.85. The zero-order chi connectivity index (χ0) is 14.5. The SMILES string of the molecule is C=CCN(CC=C)S(=O)(=O)c1cc(CO)ccc1C. The molecule has 0 aliphatic carbocycles. The summed E-state index contributed by atoms with van der Waals surface area (Å²) < 4.78 is 26.4. The molecule has 0 aliphatic heterocycles. The number of aryl methyl sites for hydroxylation is 1. The van der Waals surface area contributed by atoms with E-state index in [1.54, 1.807) is 19.1 Å². The lowest BCUT2D eigenvalue weighted by Gasteiger charge is -2.20. The fourth-order valence-corrected chi connectivity index (χ4v) is 3.38. The summed E-state index contributed by atoms with van der Waals surface area (Å²) in [6.07, 6.45) is 3.07. The van der Waals surface area contributed by atoms with Crippen LogP contribution in [-0.4, -0.2) is 30.9 Å². The van der Waals surface area contributed by atoms with Crippen LogP contribution in [0.1, 0.15) is 11.1 Å². The first kappa shape index (κ1) is 15.6. The minimum Gasteiger partial charge on any atom is -0.392 e. The molecule has 1 rings (SSSR count). The molecule has 0 fully saturated rings. The molecule has 4 nitrogen and oxygen atoms in total. The van der Waals surface area contributed by atoms with Gasteiger partial charge < -0.3 is 5.11 Å². The van der Waals surface area contributed by atoms with Crippen molar-refractivity contribution < 1.29 is 13.5 Å². The molecule has 0 aromatic heterocycles. The molecule has 19 heavy (non-hydrogen) atoms. The molecular weight excluding hydrogens is 262 g/mol. The van der Waals surface area contributed by atoms with Crippen LogP contribution in [0.3, 0.4) is 0 Å². The van der Waals surface area contributed by atoms with Crippen LogP contribution in [0.4, 0.5) is 0 Å². The number of hydrogen-bond donors (Lipinski definition) is 1. The van der Waals surface area contributed by atoms with Crippen LogP contribution >= 0.6 is 0 Å². The molecule has 5 heteroatoms. The fraction of sp³-hybridized carbons (Fsp3) is 0.286. The third-order valence-electron chi connectivity index (χ3n) is 2.72. The van der Waals surface area contributed by atoms with Gasteiger partial charge in [0.05, 0.1) is 11.5 Å². The monoisotopic (exact) mass is 281 g/mol. The van der Waals surface area contributed by atoms with Crippen molar-refractivity contribution in [2.75, 3.05) is 13.1 Å². The third-order valence-corrected chi connectivity index (χ3v) is 4.69. The zero-order valence-electron chi connectivity index (χ0n) is 11.0. The Hall–Kier alpha value is -1.43. The molecule has 0 spiro atoms. The van der Waals surface area contributed by atoms with Gasteiger partial charge in [-0.1, -0.05) is 24.3 Å². The Labute approximate surface area is 114 Å². The lowest BCUT2D eigenvalue weighted by molar-refractivity contribution is 0.281. The van der Waals surface area contributed by atoms with Crippen LogP contribution in [-0.2, 0) is 16.6 Å². The first-order valence-corrected chi connectivity index (χ1v) is 7.33. The Bertz CT molecular complexity index is 554. The van der Waals surface area contributed by atoms with Crippen molar-refractivity contribution in [2.24, 2.45) is 0 Å². The van der Waals surface area contributed by atoms with Crippen LogP contribution in [0.25, 0.3) is 0 Å². The van der Waals surface area contributed by atoms with Crippen LogP contribution in [0.2, 0.25) is 0 Å². The molecule has 0 amide bonds. The zero-order valence-corrected chi connectivity index (χ0v) is 11.9. The Morgan fingerprint density at radius 3 is 2.32 bits per heavy atom. The van der Waals surface area contributed by atoms with Gasteiger partial charge in [0.25, 0.3) is 0 Å². The van der Waals surface area contributed by atoms with Gasteiger partial charge in [-0.05, 0) is 24.1 Å². The first-order chi connectivity index (χ1) is 8.97. The van der Waals surface area contributed by atoms with E-state index in [4.69, 9.17) is 5.11 Å². The van der Waals surface area contributed by atoms with E-state index < -0.39 is 10.0 Å². The largest absolute Gasteiger partial charge is 0.392 e. The van der Waals surface area contributed by atoms with Crippen LogP contribution < -0.4 is 0 Å². The van der Waals surface area contributed by atoms with Crippen molar-refractivity contribution in [2.45, 2.75) is 18.4 Å². The molecule has 0 bridgehead atoms. The van der Waals surface area contributed by atoms with Gasteiger partial charge in [0.15, 0.2) is 0 Å². The number of benzene rings is 1. The summed E-state index contributed by atoms with van der Waals surface area (Å²) in [5, 5.41) is 9.12. The highest BCUT2D eigenvalue weighted by atomic mass is 32.2. The molecule has 0 saturated heterocycles. The van der Waals surface area contributed by atoms with Crippen molar-refractivity contribution in [1.82, 2.24) is 4.31 Å². The van der Waals surface area contributed by atoms with E-state index in [2.05, 4.69) is 13.2 Å². The highest BCUT2D eigenvalue weighted by molar-refractivity contribution is 7.89. The maximum atomic E-state index is 12.5. The smallest absolute Gasteiger partial charge is 0.243 e. The van der Waals surface area contributed by atoms with Crippen LogP contribution in [0, 0.1) is 6.92 Å². The summed E-state index contributed by atoms with van der Waals surface area (Å²) in [5.74, 6) is 0. The second-order valence-electron chi connectivity index (χ2n) is 4.16. The second kappa shape index (κ2) is 6.65. The van der Waals surface area contributed by atoms with E-state index in [-0.39, 0.29) is 24.6 Å². The molecular formula is C14H19NO3S. The molecule has 0 radical (unpaired) electrons. The molecule has 0 aliphatic rings. The van der Waals surface area contributed by atoms with E-state index in [1.807, 2.05) is 0 Å². The third kappa shape index (κ3) is 3.53. The highest BCUT2D eigenvalue weighted by Gasteiger charge is 2.24. The summed E-state index contributed by atoms with van der Waals surface area (Å²) in [4.78, 5) is 0.211. The highest BCUT2D eigenvalue weighted by Crippen LogP contribution is 2.21. The molecule has 1 aromatic rings. The summed E-state index contributed by atoms with van der Waals surface area (Å²) >= 11 is 0. The summed E-state index contributed by atoms with van der Waals surface area (Å²) in [7, 11) is -3.61. The van der Waals surface area contributed by atoms with Gasteiger partial charge in [0.2, 0.25) is 10.0 Å². The van der Waals surface area contributed by atoms with E-state index in [0.29, 0.717) is 11.1 Å². The van der Waals surface area contributed by atoms with E-state index in [9.17, 15) is 8.42 Å². The maximum absolute atomic E-state index is 12.5. The second-order valence-corrected chi connectivity index (χ2v) is 6.06. The Kier molecular flexibility index (Phi) is 5.47. The van der Waals surface area contributed by atoms with Crippen LogP contribution in [0.5, 0.6) is 0 Å². The Morgan fingerprint density at radius 2 is 1.84 bits per heavy atom. The van der Waals surface area contributed by atoms with Gasteiger partial charge in [0, 0.05) is 13.1 Å². The molecule has 0 heterocycles. The molecule has 1 N–H and O–H groups in total. The minimum absolute atomic E-state index is 0.189. The predicted molar refractivity (Wildman–Crippen MR) is 76.3 cm³/mol. The number of aliphatic hydroxyl groups excluding tert-OH is 1.